The summed E-state index contributed by atoms with van der Waals surface area (Å²) in [6, 6.07) is 10.7. The Kier molecular flexibility index (Phi) is 5.36. The molecule has 0 saturated carbocycles. The second-order valence-corrected chi connectivity index (χ2v) is 8.92. The number of aryl methyl sites for hydroxylation is 2. The van der Waals surface area contributed by atoms with Gasteiger partial charge < -0.3 is 14.1 Å². The third-order valence-corrected chi connectivity index (χ3v) is 6.19. The highest BCUT2D eigenvalue weighted by Crippen LogP contribution is 2.22. The number of hydrogen-bond acceptors (Lipinski definition) is 5. The lowest BCUT2D eigenvalue weighted by molar-refractivity contribution is -0.136. The van der Waals surface area contributed by atoms with Crippen molar-refractivity contribution in [3.05, 3.63) is 53.5 Å². The Bertz CT molecular complexity index is 887. The van der Waals surface area contributed by atoms with E-state index in [-0.39, 0.29) is 36.6 Å². The van der Waals surface area contributed by atoms with E-state index in [1.807, 2.05) is 38.1 Å². The van der Waals surface area contributed by atoms with Gasteiger partial charge in [-0.15, -0.1) is 0 Å². The summed E-state index contributed by atoms with van der Waals surface area (Å²) < 4.78 is 34.9. The molecule has 1 atom stereocenters. The van der Waals surface area contributed by atoms with Crippen molar-refractivity contribution in [2.75, 3.05) is 18.1 Å². The summed E-state index contributed by atoms with van der Waals surface area (Å²) in [5.41, 5.74) is 1.04. The fraction of sp³-hybridized carbons (Fsp3) is 0.421. The van der Waals surface area contributed by atoms with Gasteiger partial charge in [0.2, 0.25) is 0 Å². The van der Waals surface area contributed by atoms with E-state index >= 15 is 0 Å². The predicted octanol–water partition coefficient (Wildman–Crippen LogP) is 2.49. The van der Waals surface area contributed by atoms with Crippen LogP contribution in [-0.4, -0.2) is 43.4 Å². The van der Waals surface area contributed by atoms with Crippen LogP contribution in [0.15, 0.2) is 40.8 Å². The zero-order valence-corrected chi connectivity index (χ0v) is 15.8. The monoisotopic (exact) mass is 377 g/mol. The SMILES string of the molecule is Cc1cccc(OCC(=O)N(Cc2ccc(C)o2)[C@H]2CCS(=O)(=O)C2)c1. The third kappa shape index (κ3) is 4.66. The molecule has 2 heterocycles. The molecule has 1 aromatic heterocycles. The average Bonchev–Trinajstić information content (AvgIpc) is 3.15. The minimum atomic E-state index is -3.10. The summed E-state index contributed by atoms with van der Waals surface area (Å²) in [5, 5.41) is 0. The Morgan fingerprint density at radius 2 is 2.08 bits per heavy atom. The minimum absolute atomic E-state index is 0.0110. The van der Waals surface area contributed by atoms with Crippen LogP contribution in [0.5, 0.6) is 5.75 Å². The number of rotatable bonds is 6. The maximum atomic E-state index is 12.8. The first-order valence-electron chi connectivity index (χ1n) is 8.57. The first-order chi connectivity index (χ1) is 12.3. The zero-order valence-electron chi connectivity index (χ0n) is 15.0. The van der Waals surface area contributed by atoms with E-state index in [4.69, 9.17) is 9.15 Å². The summed E-state index contributed by atoms with van der Waals surface area (Å²) in [6.45, 7) is 3.88. The number of sulfone groups is 1. The molecule has 1 aromatic carbocycles. The molecule has 0 spiro atoms. The Morgan fingerprint density at radius 3 is 2.69 bits per heavy atom. The van der Waals surface area contributed by atoms with Crippen molar-refractivity contribution in [1.82, 2.24) is 4.90 Å². The lowest BCUT2D eigenvalue weighted by Crippen LogP contribution is -2.43. The van der Waals surface area contributed by atoms with Gasteiger partial charge in [-0.25, -0.2) is 8.42 Å². The number of amides is 1. The van der Waals surface area contributed by atoms with Gasteiger partial charge in [-0.1, -0.05) is 12.1 Å². The van der Waals surface area contributed by atoms with Crippen molar-refractivity contribution in [2.45, 2.75) is 32.9 Å². The maximum absolute atomic E-state index is 12.8. The van der Waals surface area contributed by atoms with E-state index in [1.165, 1.54) is 0 Å². The molecule has 0 bridgehead atoms. The molecule has 0 radical (unpaired) electrons. The van der Waals surface area contributed by atoms with Gasteiger partial charge in [0, 0.05) is 6.04 Å². The van der Waals surface area contributed by atoms with Gasteiger partial charge in [0.15, 0.2) is 16.4 Å². The van der Waals surface area contributed by atoms with Crippen molar-refractivity contribution in [2.24, 2.45) is 0 Å². The molecular weight excluding hydrogens is 354 g/mol. The number of carbonyl (C=O) groups is 1. The van der Waals surface area contributed by atoms with Crippen LogP contribution in [0.25, 0.3) is 0 Å². The van der Waals surface area contributed by atoms with Crippen LogP contribution in [0.3, 0.4) is 0 Å². The average molecular weight is 377 g/mol. The Labute approximate surface area is 153 Å². The quantitative estimate of drug-likeness (QED) is 0.773. The molecule has 1 fully saturated rings. The number of furan rings is 1. The highest BCUT2D eigenvalue weighted by molar-refractivity contribution is 7.91. The lowest BCUT2D eigenvalue weighted by Gasteiger charge is -2.27. The van der Waals surface area contributed by atoms with Gasteiger partial charge in [0.25, 0.3) is 5.91 Å². The molecule has 7 heteroatoms. The molecular formula is C19H23NO5S. The van der Waals surface area contributed by atoms with Crippen molar-refractivity contribution in [3.63, 3.8) is 0 Å². The molecule has 140 valence electrons. The first-order valence-corrected chi connectivity index (χ1v) is 10.4. The van der Waals surface area contributed by atoms with Crippen molar-refractivity contribution >= 4 is 15.7 Å². The van der Waals surface area contributed by atoms with Crippen LogP contribution < -0.4 is 4.74 Å². The number of nitrogens with zero attached hydrogens (tertiary/aromatic N) is 1. The highest BCUT2D eigenvalue weighted by Gasteiger charge is 2.35. The number of carbonyl (C=O) groups excluding carboxylic acids is 1. The summed E-state index contributed by atoms with van der Waals surface area (Å²) >= 11 is 0. The smallest absolute Gasteiger partial charge is 0.261 e. The van der Waals surface area contributed by atoms with Crippen molar-refractivity contribution in [1.29, 1.82) is 0 Å². The van der Waals surface area contributed by atoms with Crippen LogP contribution in [0.1, 0.15) is 23.5 Å². The van der Waals surface area contributed by atoms with Gasteiger partial charge in [-0.3, -0.25) is 4.79 Å². The zero-order chi connectivity index (χ0) is 18.7. The van der Waals surface area contributed by atoms with Crippen LogP contribution in [0.2, 0.25) is 0 Å². The fourth-order valence-electron chi connectivity index (χ4n) is 3.11. The van der Waals surface area contributed by atoms with Gasteiger partial charge in [0.05, 0.1) is 18.1 Å². The molecule has 0 N–H and O–H groups in total. The number of ether oxygens (including phenoxy) is 1. The lowest BCUT2D eigenvalue weighted by atomic mass is 10.2. The summed E-state index contributed by atoms with van der Waals surface area (Å²) in [7, 11) is -3.10. The van der Waals surface area contributed by atoms with Gasteiger partial charge >= 0.3 is 0 Å². The predicted molar refractivity (Wildman–Crippen MR) is 97.7 cm³/mol. The first kappa shape index (κ1) is 18.5. The standard InChI is InChI=1S/C19H23NO5S/c1-14-4-3-5-17(10-14)24-12-19(21)20(11-18-7-6-15(2)25-18)16-8-9-26(22,23)13-16/h3-7,10,16H,8-9,11-13H2,1-2H3/t16-/m0/s1. The topological polar surface area (TPSA) is 76.8 Å². The van der Waals surface area contributed by atoms with Crippen LogP contribution in [0.4, 0.5) is 0 Å². The Morgan fingerprint density at radius 1 is 1.27 bits per heavy atom. The molecule has 6 nitrogen and oxygen atoms in total. The second-order valence-electron chi connectivity index (χ2n) is 6.70. The third-order valence-electron chi connectivity index (χ3n) is 4.44. The summed E-state index contributed by atoms with van der Waals surface area (Å²) in [5.74, 6) is 1.85. The largest absolute Gasteiger partial charge is 0.484 e. The normalized spacial score (nSPS) is 18.6. The van der Waals surface area contributed by atoms with Crippen LogP contribution in [0, 0.1) is 13.8 Å². The molecule has 26 heavy (non-hydrogen) atoms. The van der Waals surface area contributed by atoms with Crippen molar-refractivity contribution < 1.29 is 22.4 Å². The maximum Gasteiger partial charge on any atom is 0.261 e. The molecule has 1 amide bonds. The highest BCUT2D eigenvalue weighted by atomic mass is 32.2. The second kappa shape index (κ2) is 7.53. The molecule has 3 rings (SSSR count). The molecule has 1 saturated heterocycles. The summed E-state index contributed by atoms with van der Waals surface area (Å²) in [6.07, 6.45) is 0.443. The van der Waals surface area contributed by atoms with Crippen LogP contribution in [-0.2, 0) is 21.2 Å². The van der Waals surface area contributed by atoms with E-state index in [0.29, 0.717) is 17.9 Å². The van der Waals surface area contributed by atoms with Gasteiger partial charge in [-0.05, 0) is 50.1 Å². The van der Waals surface area contributed by atoms with E-state index < -0.39 is 9.84 Å². The Balaban J connectivity index is 1.72. The Hall–Kier alpha value is -2.28. The minimum Gasteiger partial charge on any atom is -0.484 e. The number of hydrogen-bond donors (Lipinski definition) is 0. The fourth-order valence-corrected chi connectivity index (χ4v) is 4.84. The molecule has 2 aromatic rings. The van der Waals surface area contributed by atoms with E-state index in [0.717, 1.165) is 11.3 Å². The molecule has 0 unspecified atom stereocenters. The summed E-state index contributed by atoms with van der Waals surface area (Å²) in [4.78, 5) is 14.3. The molecule has 1 aliphatic heterocycles. The van der Waals surface area contributed by atoms with Gasteiger partial charge in [-0.2, -0.15) is 0 Å². The van der Waals surface area contributed by atoms with E-state index in [1.54, 1.807) is 17.0 Å². The number of benzene rings is 1. The van der Waals surface area contributed by atoms with Gasteiger partial charge in [0.1, 0.15) is 17.3 Å². The molecule has 1 aliphatic rings. The van der Waals surface area contributed by atoms with E-state index in [9.17, 15) is 13.2 Å². The molecule has 0 aliphatic carbocycles. The van der Waals surface area contributed by atoms with E-state index in [2.05, 4.69) is 0 Å². The van der Waals surface area contributed by atoms with Crippen molar-refractivity contribution in [3.8, 4) is 5.75 Å². The van der Waals surface area contributed by atoms with Crippen LogP contribution >= 0.6 is 0 Å².